The number of hydrogen-bond donors (Lipinski definition) is 1. The van der Waals surface area contributed by atoms with Crippen LogP contribution in [-0.2, 0) is 7.05 Å². The second-order valence-electron chi connectivity index (χ2n) is 3.94. The Bertz CT molecular complexity index is 727. The van der Waals surface area contributed by atoms with Crippen molar-refractivity contribution in [3.05, 3.63) is 42.2 Å². The molecule has 0 saturated carbocycles. The Morgan fingerprint density at radius 1 is 1.35 bits per heavy atom. The quantitative estimate of drug-likeness (QED) is 0.687. The molecule has 17 heavy (non-hydrogen) atoms. The molecular weight excluding hydrogens is 212 g/mol. The van der Waals surface area contributed by atoms with Gasteiger partial charge in [0.2, 0.25) is 0 Å². The van der Waals surface area contributed by atoms with Crippen LogP contribution < -0.4 is 0 Å². The monoisotopic (exact) mass is 222 g/mol. The van der Waals surface area contributed by atoms with Gasteiger partial charge in [0.15, 0.2) is 0 Å². The summed E-state index contributed by atoms with van der Waals surface area (Å²) < 4.78 is 2.05. The highest BCUT2D eigenvalue weighted by Crippen LogP contribution is 2.30. The summed E-state index contributed by atoms with van der Waals surface area (Å²) in [5.74, 6) is 0. The SMILES string of the molecule is Cn1cc(-c2[nH]ncc2C#N)c2ccccc21. The predicted molar refractivity (Wildman–Crippen MR) is 65.2 cm³/mol. The Hall–Kier alpha value is -2.54. The van der Waals surface area contributed by atoms with E-state index in [0.29, 0.717) is 5.56 Å². The number of fused-ring (bicyclic) bond motifs is 1. The molecule has 0 bridgehead atoms. The van der Waals surface area contributed by atoms with Crippen molar-refractivity contribution in [2.75, 3.05) is 0 Å². The first-order valence-corrected chi connectivity index (χ1v) is 5.29. The number of aromatic nitrogens is 3. The highest BCUT2D eigenvalue weighted by Gasteiger charge is 2.13. The highest BCUT2D eigenvalue weighted by molar-refractivity contribution is 5.96. The van der Waals surface area contributed by atoms with Gasteiger partial charge < -0.3 is 4.57 Å². The van der Waals surface area contributed by atoms with Gasteiger partial charge in [-0.15, -0.1) is 0 Å². The zero-order valence-corrected chi connectivity index (χ0v) is 9.31. The zero-order valence-electron chi connectivity index (χ0n) is 9.31. The highest BCUT2D eigenvalue weighted by atomic mass is 15.1. The van der Waals surface area contributed by atoms with Crippen molar-refractivity contribution in [1.29, 1.82) is 5.26 Å². The first-order valence-electron chi connectivity index (χ1n) is 5.29. The molecule has 1 N–H and O–H groups in total. The molecule has 1 aromatic carbocycles. The molecule has 0 spiro atoms. The minimum Gasteiger partial charge on any atom is -0.350 e. The van der Waals surface area contributed by atoms with Crippen molar-refractivity contribution in [3.63, 3.8) is 0 Å². The second-order valence-corrected chi connectivity index (χ2v) is 3.94. The number of nitrogens with zero attached hydrogens (tertiary/aromatic N) is 3. The molecule has 2 aromatic heterocycles. The summed E-state index contributed by atoms with van der Waals surface area (Å²) in [4.78, 5) is 0. The van der Waals surface area contributed by atoms with Gasteiger partial charge >= 0.3 is 0 Å². The molecule has 2 heterocycles. The Morgan fingerprint density at radius 2 is 2.18 bits per heavy atom. The summed E-state index contributed by atoms with van der Waals surface area (Å²) in [6, 6.07) is 10.2. The molecule has 3 rings (SSSR count). The molecule has 0 amide bonds. The predicted octanol–water partition coefficient (Wildman–Crippen LogP) is 2.44. The summed E-state index contributed by atoms with van der Waals surface area (Å²) in [7, 11) is 1.99. The lowest BCUT2D eigenvalue weighted by atomic mass is 10.1. The number of nitrogens with one attached hydrogen (secondary N) is 1. The maximum Gasteiger partial charge on any atom is 0.103 e. The topological polar surface area (TPSA) is 57.4 Å². The minimum atomic E-state index is 0.571. The van der Waals surface area contributed by atoms with Gasteiger partial charge in [0.25, 0.3) is 0 Å². The standard InChI is InChI=1S/C13H10N4/c1-17-8-11(10-4-2-3-5-12(10)17)13-9(6-14)7-15-16-13/h2-5,7-8H,1H3,(H,15,16). The fourth-order valence-corrected chi connectivity index (χ4v) is 2.12. The molecule has 0 aliphatic rings. The molecule has 0 atom stereocenters. The summed E-state index contributed by atoms with van der Waals surface area (Å²) in [5, 5.41) is 17.0. The molecular formula is C13H10N4. The van der Waals surface area contributed by atoms with Crippen LogP contribution in [0.5, 0.6) is 0 Å². The molecule has 0 saturated heterocycles. The van der Waals surface area contributed by atoms with Crippen molar-refractivity contribution in [2.45, 2.75) is 0 Å². The molecule has 0 unspecified atom stereocenters. The van der Waals surface area contributed by atoms with Gasteiger partial charge in [-0.3, -0.25) is 5.10 Å². The van der Waals surface area contributed by atoms with Gasteiger partial charge in [0.05, 0.1) is 17.5 Å². The largest absolute Gasteiger partial charge is 0.350 e. The number of benzene rings is 1. The summed E-state index contributed by atoms with van der Waals surface area (Å²) in [5.41, 5.74) is 3.50. The van der Waals surface area contributed by atoms with Gasteiger partial charge in [-0.1, -0.05) is 18.2 Å². The number of aromatic amines is 1. The van der Waals surface area contributed by atoms with Crippen molar-refractivity contribution >= 4 is 10.9 Å². The number of nitriles is 1. The van der Waals surface area contributed by atoms with Crippen LogP contribution in [0.1, 0.15) is 5.56 Å². The third kappa shape index (κ3) is 1.33. The molecule has 0 radical (unpaired) electrons. The number of rotatable bonds is 1. The van der Waals surface area contributed by atoms with E-state index in [0.717, 1.165) is 22.2 Å². The smallest absolute Gasteiger partial charge is 0.103 e. The fourth-order valence-electron chi connectivity index (χ4n) is 2.12. The average molecular weight is 222 g/mol. The van der Waals surface area contributed by atoms with E-state index < -0.39 is 0 Å². The Kier molecular flexibility index (Phi) is 1.99. The maximum absolute atomic E-state index is 9.03. The fraction of sp³-hybridized carbons (Fsp3) is 0.0769. The van der Waals surface area contributed by atoms with Crippen LogP contribution in [0.3, 0.4) is 0 Å². The van der Waals surface area contributed by atoms with Crippen LogP contribution >= 0.6 is 0 Å². The average Bonchev–Trinajstić information content (AvgIpc) is 2.94. The van der Waals surface area contributed by atoms with Gasteiger partial charge in [-0.25, -0.2) is 0 Å². The molecule has 0 aliphatic carbocycles. The van der Waals surface area contributed by atoms with Gasteiger partial charge in [0.1, 0.15) is 6.07 Å². The summed E-state index contributed by atoms with van der Waals surface area (Å²) >= 11 is 0. The zero-order chi connectivity index (χ0) is 11.8. The molecule has 82 valence electrons. The molecule has 4 heteroatoms. The van der Waals surface area contributed by atoms with Crippen LogP contribution in [-0.4, -0.2) is 14.8 Å². The van der Waals surface area contributed by atoms with Crippen molar-refractivity contribution in [1.82, 2.24) is 14.8 Å². The number of H-pyrrole nitrogens is 1. The maximum atomic E-state index is 9.03. The van der Waals surface area contributed by atoms with Gasteiger partial charge in [-0.2, -0.15) is 10.4 Å². The Labute approximate surface area is 98.1 Å². The lowest BCUT2D eigenvalue weighted by molar-refractivity contribution is 0.969. The van der Waals surface area contributed by atoms with Crippen LogP contribution in [0.4, 0.5) is 0 Å². The molecule has 0 fully saturated rings. The third-order valence-corrected chi connectivity index (χ3v) is 2.93. The van der Waals surface area contributed by atoms with Crippen LogP contribution in [0, 0.1) is 11.3 Å². The minimum absolute atomic E-state index is 0.571. The lowest BCUT2D eigenvalue weighted by Crippen LogP contribution is -1.82. The van der Waals surface area contributed by atoms with E-state index in [4.69, 9.17) is 5.26 Å². The van der Waals surface area contributed by atoms with E-state index in [-0.39, 0.29) is 0 Å². The third-order valence-electron chi connectivity index (χ3n) is 2.93. The molecule has 4 nitrogen and oxygen atoms in total. The second kappa shape index (κ2) is 3.49. The van der Waals surface area contributed by atoms with Crippen molar-refractivity contribution in [3.8, 4) is 17.3 Å². The molecule has 0 aliphatic heterocycles. The lowest BCUT2D eigenvalue weighted by Gasteiger charge is -1.95. The summed E-state index contributed by atoms with van der Waals surface area (Å²) in [6.45, 7) is 0. The number of para-hydroxylation sites is 1. The van der Waals surface area contributed by atoms with E-state index >= 15 is 0 Å². The van der Waals surface area contributed by atoms with Gasteiger partial charge in [0, 0.05) is 29.7 Å². The first-order chi connectivity index (χ1) is 8.31. The van der Waals surface area contributed by atoms with E-state index in [2.05, 4.69) is 22.3 Å². The van der Waals surface area contributed by atoms with E-state index in [9.17, 15) is 0 Å². The van der Waals surface area contributed by atoms with Crippen molar-refractivity contribution < 1.29 is 0 Å². The normalized spacial score (nSPS) is 10.6. The van der Waals surface area contributed by atoms with Crippen molar-refractivity contribution in [2.24, 2.45) is 7.05 Å². The van der Waals surface area contributed by atoms with E-state index in [1.807, 2.05) is 36.0 Å². The van der Waals surface area contributed by atoms with E-state index in [1.54, 1.807) is 6.20 Å². The first kappa shape index (κ1) is 9.67. The Balaban J connectivity index is 2.36. The van der Waals surface area contributed by atoms with E-state index in [1.165, 1.54) is 0 Å². The molecule has 3 aromatic rings. The Morgan fingerprint density at radius 3 is 3.00 bits per heavy atom. The van der Waals surface area contributed by atoms with Crippen LogP contribution in [0.25, 0.3) is 22.2 Å². The van der Waals surface area contributed by atoms with Crippen LogP contribution in [0.2, 0.25) is 0 Å². The van der Waals surface area contributed by atoms with Crippen LogP contribution in [0.15, 0.2) is 36.7 Å². The number of hydrogen-bond acceptors (Lipinski definition) is 2. The van der Waals surface area contributed by atoms with Gasteiger partial charge in [-0.05, 0) is 6.07 Å². The summed E-state index contributed by atoms with van der Waals surface area (Å²) in [6.07, 6.45) is 3.57. The number of aryl methyl sites for hydroxylation is 1.